The summed E-state index contributed by atoms with van der Waals surface area (Å²) in [7, 11) is -4.37. The minimum absolute atomic E-state index is 0.156. The van der Waals surface area contributed by atoms with Crippen LogP contribution >= 0.6 is 0 Å². The molecular weight excluding hydrogens is 318 g/mol. The molecule has 7 heteroatoms. The number of para-hydroxylation sites is 1. The topological polar surface area (TPSA) is 92.7 Å². The van der Waals surface area contributed by atoms with Crippen molar-refractivity contribution >= 4 is 16.2 Å². The van der Waals surface area contributed by atoms with Crippen molar-refractivity contribution in [1.29, 1.82) is 0 Å². The van der Waals surface area contributed by atoms with Gasteiger partial charge in [-0.1, -0.05) is 29.8 Å². The Hall–Kier alpha value is -2.54. The molecule has 0 aliphatic rings. The van der Waals surface area contributed by atoms with E-state index in [2.05, 4.69) is 0 Å². The Kier molecular flexibility index (Phi) is 4.60. The van der Waals surface area contributed by atoms with Crippen LogP contribution in [0.4, 0.5) is 0 Å². The lowest BCUT2D eigenvalue weighted by atomic mass is 10.1. The number of phenolic OH excluding ortho intramolecular Hbond substituents is 1. The Morgan fingerprint density at radius 2 is 1.65 bits per heavy atom. The highest BCUT2D eigenvalue weighted by Gasteiger charge is 2.21. The normalized spacial score (nSPS) is 11.1. The number of carbonyl (C=O) groups excluding carboxylic acids is 1. The van der Waals surface area contributed by atoms with Crippen molar-refractivity contribution in [3.05, 3.63) is 58.7 Å². The summed E-state index contributed by atoms with van der Waals surface area (Å²) in [5.41, 5.74) is 2.10. The van der Waals surface area contributed by atoms with Gasteiger partial charge < -0.3 is 9.29 Å². The molecule has 2 N–H and O–H groups in total. The van der Waals surface area contributed by atoms with E-state index in [1.54, 1.807) is 30.7 Å². The van der Waals surface area contributed by atoms with Gasteiger partial charge in [-0.2, -0.15) is 8.42 Å². The van der Waals surface area contributed by atoms with Crippen molar-refractivity contribution in [1.82, 2.24) is 4.72 Å². The number of rotatable bonds is 4. The molecule has 0 aliphatic carbocycles. The molecule has 0 saturated heterocycles. The van der Waals surface area contributed by atoms with Gasteiger partial charge in [0, 0.05) is 0 Å². The molecule has 122 valence electrons. The summed E-state index contributed by atoms with van der Waals surface area (Å²) in [5.74, 6) is -1.11. The molecule has 0 radical (unpaired) electrons. The lowest BCUT2D eigenvalue weighted by Crippen LogP contribution is -2.34. The molecule has 2 aromatic rings. The predicted molar refractivity (Wildman–Crippen MR) is 85.8 cm³/mol. The highest BCUT2D eigenvalue weighted by Crippen LogP contribution is 2.26. The Balaban J connectivity index is 2.24. The number of benzene rings is 2. The van der Waals surface area contributed by atoms with Crippen LogP contribution in [0.25, 0.3) is 0 Å². The molecule has 2 rings (SSSR count). The zero-order valence-corrected chi connectivity index (χ0v) is 13.8. The molecule has 2 aromatic carbocycles. The van der Waals surface area contributed by atoms with Crippen LogP contribution in [0.15, 0.2) is 36.4 Å². The van der Waals surface area contributed by atoms with Crippen LogP contribution in [0, 0.1) is 20.8 Å². The fourth-order valence-corrected chi connectivity index (χ4v) is 3.12. The largest absolute Gasteiger partial charge is 0.507 e. The molecule has 0 heterocycles. The van der Waals surface area contributed by atoms with Crippen molar-refractivity contribution in [2.45, 2.75) is 20.8 Å². The number of hydrogen-bond donors (Lipinski definition) is 2. The van der Waals surface area contributed by atoms with Gasteiger partial charge in [0.05, 0.1) is 5.56 Å². The van der Waals surface area contributed by atoms with E-state index in [1.165, 1.54) is 24.3 Å². The van der Waals surface area contributed by atoms with Crippen molar-refractivity contribution in [3.8, 4) is 11.5 Å². The predicted octanol–water partition coefficient (Wildman–Crippen LogP) is 2.37. The van der Waals surface area contributed by atoms with Gasteiger partial charge >= 0.3 is 10.3 Å². The molecule has 0 fully saturated rings. The minimum Gasteiger partial charge on any atom is -0.507 e. The summed E-state index contributed by atoms with van der Waals surface area (Å²) >= 11 is 0. The second kappa shape index (κ2) is 6.29. The number of aromatic hydroxyl groups is 1. The molecule has 0 unspecified atom stereocenters. The molecule has 0 aromatic heterocycles. The van der Waals surface area contributed by atoms with Crippen LogP contribution < -0.4 is 8.91 Å². The van der Waals surface area contributed by atoms with Gasteiger partial charge in [-0.3, -0.25) is 4.79 Å². The zero-order valence-electron chi connectivity index (χ0n) is 13.0. The smallest absolute Gasteiger partial charge is 0.409 e. The van der Waals surface area contributed by atoms with E-state index in [9.17, 15) is 18.3 Å². The maximum Gasteiger partial charge on any atom is 0.409 e. The molecule has 0 bridgehead atoms. The van der Waals surface area contributed by atoms with Gasteiger partial charge in [-0.15, -0.1) is 0 Å². The number of hydrogen-bond acceptors (Lipinski definition) is 5. The van der Waals surface area contributed by atoms with E-state index < -0.39 is 16.2 Å². The lowest BCUT2D eigenvalue weighted by molar-refractivity contribution is 0.0976. The van der Waals surface area contributed by atoms with Crippen LogP contribution in [0.5, 0.6) is 11.5 Å². The van der Waals surface area contributed by atoms with Gasteiger partial charge in [0.25, 0.3) is 5.91 Å². The molecule has 0 saturated carbocycles. The summed E-state index contributed by atoms with van der Waals surface area (Å²) in [4.78, 5) is 12.0. The zero-order chi connectivity index (χ0) is 17.2. The molecule has 6 nitrogen and oxygen atoms in total. The summed E-state index contributed by atoms with van der Waals surface area (Å²) in [6.07, 6.45) is 0. The second-order valence-electron chi connectivity index (χ2n) is 5.21. The first kappa shape index (κ1) is 16.8. The van der Waals surface area contributed by atoms with Crippen molar-refractivity contribution in [2.24, 2.45) is 0 Å². The second-order valence-corrected chi connectivity index (χ2v) is 6.49. The first-order valence-corrected chi connectivity index (χ1v) is 8.23. The van der Waals surface area contributed by atoms with Crippen LogP contribution in [-0.2, 0) is 10.3 Å². The van der Waals surface area contributed by atoms with Crippen molar-refractivity contribution < 1.29 is 22.5 Å². The standard InChI is InChI=1S/C16H17NO5S/c1-10-8-11(2)15(12(3)9-10)22-23(20,21)17-16(19)13-6-4-5-7-14(13)18/h4-9,18H,1-3H3,(H,17,19). The van der Waals surface area contributed by atoms with E-state index in [1.807, 2.05) is 6.92 Å². The third kappa shape index (κ3) is 4.01. The van der Waals surface area contributed by atoms with Gasteiger partial charge in [0.15, 0.2) is 0 Å². The van der Waals surface area contributed by atoms with E-state index in [4.69, 9.17) is 4.18 Å². The van der Waals surface area contributed by atoms with E-state index in [0.717, 1.165) is 5.56 Å². The van der Waals surface area contributed by atoms with Gasteiger partial charge in [0.1, 0.15) is 11.5 Å². The van der Waals surface area contributed by atoms with Crippen LogP contribution in [0.1, 0.15) is 27.0 Å². The third-order valence-electron chi connectivity index (χ3n) is 3.16. The Labute approximate surface area is 135 Å². The molecule has 0 spiro atoms. The molecule has 0 atom stereocenters. The molecular formula is C16H17NO5S. The summed E-state index contributed by atoms with van der Waals surface area (Å²) in [6.45, 7) is 5.32. The number of nitrogens with one attached hydrogen (secondary N) is 1. The SMILES string of the molecule is Cc1cc(C)c(OS(=O)(=O)NC(=O)c2ccccc2O)c(C)c1. The fraction of sp³-hybridized carbons (Fsp3) is 0.188. The van der Waals surface area contributed by atoms with Gasteiger partial charge in [0.2, 0.25) is 0 Å². The van der Waals surface area contributed by atoms with Gasteiger partial charge in [-0.05, 0) is 44.0 Å². The first-order valence-electron chi connectivity index (χ1n) is 6.82. The maximum atomic E-state index is 12.0. The monoisotopic (exact) mass is 335 g/mol. The third-order valence-corrected chi connectivity index (χ3v) is 3.99. The molecule has 23 heavy (non-hydrogen) atoms. The highest BCUT2D eigenvalue weighted by molar-refractivity contribution is 7.85. The van der Waals surface area contributed by atoms with Crippen LogP contribution in [-0.4, -0.2) is 19.4 Å². The average Bonchev–Trinajstić information content (AvgIpc) is 2.42. The Morgan fingerprint density at radius 1 is 1.09 bits per heavy atom. The number of aryl methyl sites for hydroxylation is 3. The quantitative estimate of drug-likeness (QED) is 0.895. The summed E-state index contributed by atoms with van der Waals surface area (Å²) < 4.78 is 30.9. The van der Waals surface area contributed by atoms with Crippen LogP contribution in [0.2, 0.25) is 0 Å². The molecule has 0 aliphatic heterocycles. The number of amides is 1. The lowest BCUT2D eigenvalue weighted by Gasteiger charge is -2.13. The maximum absolute atomic E-state index is 12.0. The average molecular weight is 335 g/mol. The van der Waals surface area contributed by atoms with E-state index in [-0.39, 0.29) is 17.1 Å². The highest BCUT2D eigenvalue weighted by atomic mass is 32.2. The van der Waals surface area contributed by atoms with Crippen molar-refractivity contribution in [2.75, 3.05) is 0 Å². The Bertz CT molecular complexity index is 836. The van der Waals surface area contributed by atoms with Gasteiger partial charge in [-0.25, -0.2) is 4.72 Å². The van der Waals surface area contributed by atoms with E-state index in [0.29, 0.717) is 11.1 Å². The fourth-order valence-electron chi connectivity index (χ4n) is 2.26. The van der Waals surface area contributed by atoms with Crippen molar-refractivity contribution in [3.63, 3.8) is 0 Å². The number of phenols is 1. The number of carbonyl (C=O) groups is 1. The minimum atomic E-state index is -4.37. The van der Waals surface area contributed by atoms with E-state index >= 15 is 0 Å². The summed E-state index contributed by atoms with van der Waals surface area (Å²) in [6, 6.07) is 9.19. The Morgan fingerprint density at radius 3 is 2.22 bits per heavy atom. The van der Waals surface area contributed by atoms with Crippen LogP contribution in [0.3, 0.4) is 0 Å². The summed E-state index contributed by atoms with van der Waals surface area (Å²) in [5, 5.41) is 9.59. The molecule has 1 amide bonds. The first-order chi connectivity index (χ1) is 10.7.